The number of benzene rings is 9. The summed E-state index contributed by atoms with van der Waals surface area (Å²) in [6.07, 6.45) is 4.51. The first-order valence-electron chi connectivity index (χ1n) is 35.2. The smallest absolute Gasteiger partial charge is 0.263 e. The third-order valence-electron chi connectivity index (χ3n) is 18.6. The van der Waals surface area contributed by atoms with Gasteiger partial charge in [0.25, 0.3) is 16.7 Å². The lowest BCUT2D eigenvalue weighted by atomic mass is 9.97. The number of nitrogens with one attached hydrogen (secondary N) is 3. The summed E-state index contributed by atoms with van der Waals surface area (Å²) < 4.78 is 29.5. The predicted octanol–water partition coefficient (Wildman–Crippen LogP) is 19.6. The zero-order valence-corrected chi connectivity index (χ0v) is 61.3. The Bertz CT molecular complexity index is 6280. The highest BCUT2D eigenvalue weighted by molar-refractivity contribution is 5.99. The molecule has 0 radical (unpaired) electrons. The summed E-state index contributed by atoms with van der Waals surface area (Å²) >= 11 is 0. The molecule has 0 aliphatic carbocycles. The fourth-order valence-corrected chi connectivity index (χ4v) is 13.3. The molecule has 21 heteroatoms. The van der Waals surface area contributed by atoms with Gasteiger partial charge in [0.05, 0.1) is 68.2 Å². The largest absolute Gasteiger partial charge is 0.497 e. The molecule has 15 aromatic rings. The second-order valence-electron chi connectivity index (χ2n) is 25.8. The van der Waals surface area contributed by atoms with Crippen molar-refractivity contribution >= 4 is 66.8 Å². The van der Waals surface area contributed by atoms with E-state index in [-0.39, 0.29) is 40.6 Å². The number of fused-ring (bicyclic) bond motifs is 3. The highest BCUT2D eigenvalue weighted by Crippen LogP contribution is 2.37. The van der Waals surface area contributed by atoms with Crippen LogP contribution in [0.4, 0.5) is 38.9 Å². The van der Waals surface area contributed by atoms with Crippen LogP contribution in [0.3, 0.4) is 0 Å². The minimum atomic E-state index is -0.369. The summed E-state index contributed by atoms with van der Waals surface area (Å²) in [5, 5.41) is 14.2. The minimum Gasteiger partial charge on any atom is -0.497 e. The van der Waals surface area contributed by atoms with Crippen molar-refractivity contribution in [3.63, 3.8) is 0 Å². The van der Waals surface area contributed by atoms with Crippen LogP contribution in [0.5, 0.6) is 11.5 Å². The van der Waals surface area contributed by atoms with Crippen LogP contribution in [-0.2, 0) is 0 Å². The number of halogens is 1. The maximum atomic E-state index is 14.3. The Morgan fingerprint density at radius 3 is 1.02 bits per heavy atom. The number of nitrogens with zero attached hydrogens (tertiary/aromatic N) is 12. The van der Waals surface area contributed by atoms with Gasteiger partial charge in [0.2, 0.25) is 17.1 Å². The number of ether oxygens (including phenoxy) is 2. The second kappa shape index (κ2) is 32.7. The van der Waals surface area contributed by atoms with Gasteiger partial charge in [-0.05, 0) is 182 Å². The summed E-state index contributed by atoms with van der Waals surface area (Å²) in [4.78, 5) is 78.9. The normalized spacial score (nSPS) is 11.7. The molecule has 0 fully saturated rings. The van der Waals surface area contributed by atoms with Crippen LogP contribution >= 0.6 is 0 Å². The summed E-state index contributed by atoms with van der Waals surface area (Å²) in [6, 6.07) is 72.5. The van der Waals surface area contributed by atoms with Crippen molar-refractivity contribution in [3.05, 3.63) is 361 Å². The monoisotopic (exact) mass is 1450 g/mol. The van der Waals surface area contributed by atoms with Gasteiger partial charge in [-0.1, -0.05) is 146 Å². The summed E-state index contributed by atoms with van der Waals surface area (Å²) in [6.45, 7) is 33.6. The molecule has 0 saturated heterocycles. The number of rotatable bonds is 17. The Labute approximate surface area is 633 Å². The number of hydrogen-bond acceptors (Lipinski definition) is 14. The van der Waals surface area contributed by atoms with E-state index in [0.29, 0.717) is 79.5 Å². The van der Waals surface area contributed by atoms with Crippen LogP contribution in [0.2, 0.25) is 0 Å². The van der Waals surface area contributed by atoms with Gasteiger partial charge >= 0.3 is 0 Å². The van der Waals surface area contributed by atoms with E-state index in [1.54, 1.807) is 60.8 Å². The molecule has 9 aromatic carbocycles. The molecule has 0 amide bonds. The maximum absolute atomic E-state index is 14.3. The van der Waals surface area contributed by atoms with Gasteiger partial charge in [0.15, 0.2) is 0 Å². The summed E-state index contributed by atoms with van der Waals surface area (Å²) in [7, 11) is 3.26. The van der Waals surface area contributed by atoms with Crippen molar-refractivity contribution in [3.8, 4) is 61.9 Å². The third kappa shape index (κ3) is 15.5. The molecule has 15 rings (SSSR count). The average molecular weight is 1450 g/mol. The number of pyridine rings is 3. The van der Waals surface area contributed by atoms with Gasteiger partial charge in [-0.2, -0.15) is 0 Å². The van der Waals surface area contributed by atoms with Crippen molar-refractivity contribution in [2.45, 2.75) is 59.7 Å². The Balaban J connectivity index is 0.000000145. The first-order valence-corrected chi connectivity index (χ1v) is 35.2. The van der Waals surface area contributed by atoms with Crippen molar-refractivity contribution in [2.24, 2.45) is 0 Å². The number of aromatic nitrogens is 9. The number of hydrogen-bond donors (Lipinski definition) is 3. The van der Waals surface area contributed by atoms with Crippen LogP contribution in [0, 0.1) is 46.3 Å². The van der Waals surface area contributed by atoms with Crippen LogP contribution in [0.15, 0.2) is 270 Å². The molecule has 0 aliphatic heterocycles. The van der Waals surface area contributed by atoms with Gasteiger partial charge < -0.3 is 25.4 Å². The van der Waals surface area contributed by atoms with Gasteiger partial charge in [-0.25, -0.2) is 33.9 Å². The van der Waals surface area contributed by atoms with E-state index in [1.807, 2.05) is 233 Å². The molecule has 20 nitrogen and oxygen atoms in total. The molecular formula is C89H72FN15O5. The van der Waals surface area contributed by atoms with Crippen LogP contribution in [-0.4, -0.2) is 57.8 Å². The quantitative estimate of drug-likeness (QED) is 0.0724. The Kier molecular flexibility index (Phi) is 21.9. The van der Waals surface area contributed by atoms with Crippen LogP contribution < -0.4 is 42.1 Å². The molecule has 3 atom stereocenters. The molecule has 3 N–H and O–H groups in total. The van der Waals surface area contributed by atoms with Gasteiger partial charge in [-0.15, -0.1) is 0 Å². The zero-order valence-electron chi connectivity index (χ0n) is 61.3. The molecule has 0 bridgehead atoms. The number of para-hydroxylation sites is 3. The first kappa shape index (κ1) is 73.6. The molecule has 0 spiro atoms. The molecule has 6 heterocycles. The van der Waals surface area contributed by atoms with Crippen LogP contribution in [0.1, 0.15) is 73.5 Å². The van der Waals surface area contributed by atoms with Crippen LogP contribution in [0.25, 0.3) is 97.3 Å². The van der Waals surface area contributed by atoms with Gasteiger partial charge in [-0.3, -0.25) is 43.0 Å². The Morgan fingerprint density at radius 1 is 0.373 bits per heavy atom. The van der Waals surface area contributed by atoms with E-state index in [1.165, 1.54) is 30.7 Å². The van der Waals surface area contributed by atoms with Gasteiger partial charge in [0.1, 0.15) is 52.2 Å². The van der Waals surface area contributed by atoms with Crippen molar-refractivity contribution in [2.75, 3.05) is 30.2 Å². The molecule has 110 heavy (non-hydrogen) atoms. The molecule has 6 aromatic heterocycles. The molecule has 0 saturated carbocycles. The Morgan fingerprint density at radius 2 is 0.691 bits per heavy atom. The van der Waals surface area contributed by atoms with E-state index < -0.39 is 0 Å². The lowest BCUT2D eigenvalue weighted by molar-refractivity contribution is 0.415. The fourth-order valence-electron chi connectivity index (χ4n) is 13.3. The first-order chi connectivity index (χ1) is 53.4. The van der Waals surface area contributed by atoms with E-state index in [4.69, 9.17) is 29.2 Å². The van der Waals surface area contributed by atoms with E-state index in [2.05, 4.69) is 60.4 Å². The summed E-state index contributed by atoms with van der Waals surface area (Å²) in [5.41, 5.74) is 9.96. The highest BCUT2D eigenvalue weighted by Gasteiger charge is 2.25. The molecule has 540 valence electrons. The molecular weight excluding hydrogens is 1380 g/mol. The second-order valence-corrected chi connectivity index (χ2v) is 25.8. The lowest BCUT2D eigenvalue weighted by Gasteiger charge is -2.22. The van der Waals surface area contributed by atoms with E-state index >= 15 is 0 Å². The van der Waals surface area contributed by atoms with Crippen molar-refractivity contribution in [1.82, 2.24) is 43.6 Å². The topological polar surface area (TPSA) is 211 Å². The molecule has 0 aliphatic rings. The predicted molar refractivity (Wildman–Crippen MR) is 433 cm³/mol. The highest BCUT2D eigenvalue weighted by atomic mass is 19.1. The molecule has 0 unspecified atom stereocenters. The van der Waals surface area contributed by atoms with Crippen molar-refractivity contribution in [1.29, 1.82) is 0 Å². The number of anilines is 3. The zero-order chi connectivity index (χ0) is 77.1. The lowest BCUT2D eigenvalue weighted by Crippen LogP contribution is -2.26. The summed E-state index contributed by atoms with van der Waals surface area (Å²) in [5.74, 6) is 4.10. The third-order valence-corrected chi connectivity index (χ3v) is 18.6. The number of aryl methyl sites for hydroxylation is 3. The van der Waals surface area contributed by atoms with Crippen molar-refractivity contribution < 1.29 is 13.9 Å². The van der Waals surface area contributed by atoms with Gasteiger partial charge in [0, 0.05) is 52.7 Å². The standard InChI is InChI=1S/2C30H25N5O2.C29H22FN5O/c1-19(33-29-26(31-3)18-32-20(2)34-29)27-17-22-11-9-15-25(21-10-8-14-24(16-21)37-4)28(22)30(36)35(27)23-12-6-5-7-13-23;1-19(33-29-26(31-3)18-32-20(2)34-29)27-17-22-9-8-12-25(21-13-15-24(37-4)16-14-21)28(22)30(36)35(27)23-10-6-5-7-11-23;1-18(33-28-25(31-3)17-32-19(2)34-28)26-16-21-8-7-11-24(20-12-14-22(30)15-13-20)27(21)29(36)35(26)23-9-5-4-6-10-23/h2*5-19H,1-2,4H3,(H,32,33,34);4-18H,1-2H3,(H,32,33,34)/t2*19-;18-/m000/s1. The van der Waals surface area contributed by atoms with E-state index in [9.17, 15) is 18.8 Å². The Hall–Kier alpha value is -14.8. The van der Waals surface area contributed by atoms with E-state index in [0.717, 1.165) is 83.8 Å². The average Bonchev–Trinajstić information content (AvgIpc) is 0.761. The maximum Gasteiger partial charge on any atom is 0.263 e. The fraction of sp³-hybridized carbons (Fsp3) is 0.124. The SMILES string of the molecule is [C-]#[N+]c1cnc(C)nc1N[C@@H](C)c1cc2cccc(-c3ccc(F)cc3)c2c(=O)n1-c1ccccc1.[C-]#[N+]c1cnc(C)nc1N[C@@H](C)c1cc2cccc(-c3ccc(OC)cc3)c2c(=O)n1-c1ccccc1.[C-]#[N+]c1cnc(C)nc1N[C@@H](C)c1cc2cccc(-c3cccc(OC)c3)c2c(=O)n1-c1ccccc1. The minimum absolute atomic E-state index is 0.122. The number of methoxy groups -OCH3 is 2.